The Labute approximate surface area is 184 Å². The summed E-state index contributed by atoms with van der Waals surface area (Å²) in [4.78, 5) is 12.9. The number of thioether (sulfide) groups is 1. The van der Waals surface area contributed by atoms with Crippen LogP contribution in [0.1, 0.15) is 47.8 Å². The molecule has 2 aromatic rings. The Morgan fingerprint density at radius 1 is 1.10 bits per heavy atom. The summed E-state index contributed by atoms with van der Waals surface area (Å²) >= 11 is 1.42. The van der Waals surface area contributed by atoms with Crippen LogP contribution in [-0.2, 0) is 15.3 Å². The molecular weight excluding hydrogens is 451 g/mol. The zero-order chi connectivity index (χ0) is 23.9. The van der Waals surface area contributed by atoms with Crippen LogP contribution in [-0.4, -0.2) is 31.2 Å². The molecule has 0 aliphatic heterocycles. The van der Waals surface area contributed by atoms with Gasteiger partial charge in [0.25, 0.3) is 15.7 Å². The van der Waals surface area contributed by atoms with Gasteiger partial charge in [0.15, 0.2) is 0 Å². The summed E-state index contributed by atoms with van der Waals surface area (Å²) in [7, 11) is -5.50. The minimum absolute atomic E-state index is 0.0585. The quantitative estimate of drug-likeness (QED) is 0.565. The highest BCUT2D eigenvalue weighted by molar-refractivity contribution is 7.98. The second-order valence-corrected chi connectivity index (χ2v) is 10.9. The molecule has 0 bridgehead atoms. The number of rotatable bonds is 4. The van der Waals surface area contributed by atoms with Gasteiger partial charge in [-0.15, -0.1) is 11.8 Å². The highest BCUT2D eigenvalue weighted by Crippen LogP contribution is 2.40. The van der Waals surface area contributed by atoms with Crippen LogP contribution in [0.4, 0.5) is 18.9 Å². The lowest BCUT2D eigenvalue weighted by Crippen LogP contribution is -2.23. The van der Waals surface area contributed by atoms with Crippen LogP contribution in [0.5, 0.6) is 5.75 Å². The molecule has 0 heterocycles. The molecular formula is C21H24F3NO4S2. The van der Waals surface area contributed by atoms with E-state index in [-0.39, 0.29) is 22.6 Å². The monoisotopic (exact) mass is 475 g/mol. The summed E-state index contributed by atoms with van der Waals surface area (Å²) in [6.07, 6.45) is 1.84. The Balaban J connectivity index is 2.52. The summed E-state index contributed by atoms with van der Waals surface area (Å²) in [5, 5.41) is 13.4. The van der Waals surface area contributed by atoms with Gasteiger partial charge >= 0.3 is 5.51 Å². The number of anilines is 1. The van der Waals surface area contributed by atoms with E-state index < -0.39 is 31.6 Å². The van der Waals surface area contributed by atoms with Gasteiger partial charge in [-0.2, -0.15) is 13.2 Å². The molecule has 170 valence electrons. The average molecular weight is 476 g/mol. The van der Waals surface area contributed by atoms with Crippen molar-refractivity contribution in [2.24, 2.45) is 0 Å². The molecule has 1 amide bonds. The summed E-state index contributed by atoms with van der Waals surface area (Å²) in [5.41, 5.74) is -4.40. The smallest absolute Gasteiger partial charge is 0.501 e. The molecule has 0 saturated carbocycles. The fourth-order valence-electron chi connectivity index (χ4n) is 3.07. The van der Waals surface area contributed by atoms with Gasteiger partial charge in [-0.3, -0.25) is 4.79 Å². The highest BCUT2D eigenvalue weighted by atomic mass is 32.2. The molecule has 0 aliphatic carbocycles. The van der Waals surface area contributed by atoms with Crippen LogP contribution in [0.15, 0.2) is 34.1 Å². The first-order valence-electron chi connectivity index (χ1n) is 9.16. The number of carbonyl (C=O) groups excluding carboxylic acids is 1. The maximum absolute atomic E-state index is 13.0. The molecule has 2 N–H and O–H groups in total. The van der Waals surface area contributed by atoms with Crippen molar-refractivity contribution in [3.8, 4) is 5.75 Å². The second kappa shape index (κ2) is 8.38. The van der Waals surface area contributed by atoms with Gasteiger partial charge in [-0.1, -0.05) is 20.8 Å². The van der Waals surface area contributed by atoms with Crippen LogP contribution in [0.25, 0.3) is 0 Å². The highest BCUT2D eigenvalue weighted by Gasteiger charge is 2.47. The van der Waals surface area contributed by atoms with Crippen molar-refractivity contribution < 1.29 is 31.5 Å². The number of benzene rings is 2. The van der Waals surface area contributed by atoms with E-state index in [2.05, 4.69) is 5.32 Å². The molecule has 2 aromatic carbocycles. The van der Waals surface area contributed by atoms with Gasteiger partial charge in [0.05, 0.1) is 10.5 Å². The number of aromatic hydroxyl groups is 1. The van der Waals surface area contributed by atoms with E-state index in [1.54, 1.807) is 6.92 Å². The number of halogens is 3. The first-order valence-corrected chi connectivity index (χ1v) is 11.9. The predicted octanol–water partition coefficient (Wildman–Crippen LogP) is 5.57. The second-order valence-electron chi connectivity index (χ2n) is 8.11. The SMILES string of the molecule is CSc1cc(C(C)(C)C)c(O)c(C(=O)Nc2ccc(S(=O)(=O)C(F)(F)F)cc2C)c1C. The zero-order valence-corrected chi connectivity index (χ0v) is 19.6. The molecule has 10 heteroatoms. The summed E-state index contributed by atoms with van der Waals surface area (Å²) in [6, 6.07) is 4.57. The number of carbonyl (C=O) groups is 1. The minimum Gasteiger partial charge on any atom is -0.507 e. The maximum Gasteiger partial charge on any atom is 0.501 e. The number of aryl methyl sites for hydroxylation is 1. The Hall–Kier alpha value is -2.20. The summed E-state index contributed by atoms with van der Waals surface area (Å²) in [5.74, 6) is -0.819. The van der Waals surface area contributed by atoms with Gasteiger partial charge in [-0.25, -0.2) is 8.42 Å². The number of hydrogen-bond acceptors (Lipinski definition) is 5. The van der Waals surface area contributed by atoms with Gasteiger partial charge < -0.3 is 10.4 Å². The van der Waals surface area contributed by atoms with Crippen molar-refractivity contribution >= 4 is 33.2 Å². The first kappa shape index (κ1) is 25.1. The molecule has 0 aliphatic rings. The number of hydrogen-bond donors (Lipinski definition) is 2. The Bertz CT molecular complexity index is 1130. The normalized spacial score (nSPS) is 12.7. The van der Waals surface area contributed by atoms with Crippen molar-refractivity contribution in [2.75, 3.05) is 11.6 Å². The van der Waals surface area contributed by atoms with Crippen LogP contribution in [0.3, 0.4) is 0 Å². The van der Waals surface area contributed by atoms with E-state index in [1.807, 2.05) is 33.1 Å². The standard InChI is InChI=1S/C21H24F3NO4S2/c1-11-9-13(31(28,29)21(22,23)24)7-8-15(11)25-19(27)17-12(2)16(30-6)10-14(18(17)26)20(3,4)5/h7-10,26H,1-6H3,(H,25,27). The van der Waals surface area contributed by atoms with E-state index >= 15 is 0 Å². The van der Waals surface area contributed by atoms with Gasteiger partial charge in [0.1, 0.15) is 5.75 Å². The van der Waals surface area contributed by atoms with Crippen LogP contribution >= 0.6 is 11.8 Å². The maximum atomic E-state index is 13.0. The molecule has 31 heavy (non-hydrogen) atoms. The lowest BCUT2D eigenvalue weighted by atomic mass is 9.84. The number of phenols is 1. The molecule has 5 nitrogen and oxygen atoms in total. The van der Waals surface area contributed by atoms with Gasteiger partial charge in [0.2, 0.25) is 0 Å². The van der Waals surface area contributed by atoms with E-state index in [9.17, 15) is 31.5 Å². The van der Waals surface area contributed by atoms with E-state index in [1.165, 1.54) is 18.7 Å². The van der Waals surface area contributed by atoms with Crippen molar-refractivity contribution in [1.82, 2.24) is 0 Å². The molecule has 2 rings (SSSR count). The first-order chi connectivity index (χ1) is 14.0. The van der Waals surface area contributed by atoms with E-state index in [4.69, 9.17) is 0 Å². The summed E-state index contributed by atoms with van der Waals surface area (Å²) < 4.78 is 61.6. The van der Waals surface area contributed by atoms with Crippen LogP contribution in [0.2, 0.25) is 0 Å². The number of nitrogens with one attached hydrogen (secondary N) is 1. The lowest BCUT2D eigenvalue weighted by molar-refractivity contribution is -0.0436. The van der Waals surface area contributed by atoms with Gasteiger partial charge in [-0.05, 0) is 60.9 Å². The van der Waals surface area contributed by atoms with E-state index in [0.717, 1.165) is 23.1 Å². The van der Waals surface area contributed by atoms with Crippen LogP contribution in [0, 0.1) is 13.8 Å². The molecule has 0 fully saturated rings. The third-order valence-electron chi connectivity index (χ3n) is 4.83. The Kier molecular flexibility index (Phi) is 6.78. The largest absolute Gasteiger partial charge is 0.507 e. The third-order valence-corrected chi connectivity index (χ3v) is 7.18. The number of amides is 1. The fourth-order valence-corrected chi connectivity index (χ4v) is 4.56. The molecule has 0 unspecified atom stereocenters. The molecule has 0 spiro atoms. The van der Waals surface area contributed by atoms with Crippen molar-refractivity contribution in [3.63, 3.8) is 0 Å². The lowest BCUT2D eigenvalue weighted by Gasteiger charge is -2.24. The van der Waals surface area contributed by atoms with Crippen LogP contribution < -0.4 is 5.32 Å². The fraction of sp³-hybridized carbons (Fsp3) is 0.381. The number of phenolic OH excluding ortho intramolecular Hbond substituents is 1. The molecule has 0 radical (unpaired) electrons. The number of sulfone groups is 1. The molecule has 0 atom stereocenters. The molecule has 0 saturated heterocycles. The van der Waals surface area contributed by atoms with Crippen molar-refractivity contribution in [3.05, 3.63) is 46.5 Å². The van der Waals surface area contributed by atoms with Crippen molar-refractivity contribution in [1.29, 1.82) is 0 Å². The minimum atomic E-state index is -5.50. The van der Waals surface area contributed by atoms with E-state index in [0.29, 0.717) is 11.1 Å². The van der Waals surface area contributed by atoms with Gasteiger partial charge in [0, 0.05) is 16.1 Å². The topological polar surface area (TPSA) is 83.5 Å². The third kappa shape index (κ3) is 4.85. The Morgan fingerprint density at radius 3 is 2.13 bits per heavy atom. The number of alkyl halides is 3. The molecule has 0 aromatic heterocycles. The predicted molar refractivity (Wildman–Crippen MR) is 116 cm³/mol. The van der Waals surface area contributed by atoms with Crippen molar-refractivity contribution in [2.45, 2.75) is 55.3 Å². The Morgan fingerprint density at radius 2 is 1.68 bits per heavy atom. The zero-order valence-electron chi connectivity index (χ0n) is 17.9. The summed E-state index contributed by atoms with van der Waals surface area (Å²) in [6.45, 7) is 8.77. The average Bonchev–Trinajstić information content (AvgIpc) is 2.61.